The highest BCUT2D eigenvalue weighted by Crippen LogP contribution is 2.36. The summed E-state index contributed by atoms with van der Waals surface area (Å²) in [5, 5.41) is 14.0. The van der Waals surface area contributed by atoms with Crippen LogP contribution in [-0.2, 0) is 19.4 Å². The van der Waals surface area contributed by atoms with E-state index >= 15 is 0 Å². The number of nitrogens with zero attached hydrogens (tertiary/aromatic N) is 1. The van der Waals surface area contributed by atoms with Crippen LogP contribution >= 0.6 is 0 Å². The van der Waals surface area contributed by atoms with Crippen LogP contribution in [0, 0.1) is 0 Å². The maximum Gasteiger partial charge on any atom is 0.209 e. The molecule has 6 nitrogen and oxygen atoms in total. The Bertz CT molecular complexity index is 888. The van der Waals surface area contributed by atoms with Crippen LogP contribution in [0.4, 0.5) is 0 Å². The average molecular weight is 354 g/mol. The van der Waals surface area contributed by atoms with Crippen LogP contribution in [0.15, 0.2) is 40.8 Å². The minimum atomic E-state index is -0.520. The Morgan fingerprint density at radius 3 is 2.46 bits per heavy atom. The molecule has 136 valence electrons. The second kappa shape index (κ2) is 6.97. The lowest BCUT2D eigenvalue weighted by molar-refractivity contribution is 0.115. The van der Waals surface area contributed by atoms with Gasteiger partial charge in [-0.3, -0.25) is 0 Å². The van der Waals surface area contributed by atoms with Crippen LogP contribution in [0.5, 0.6) is 11.5 Å². The third-order valence-corrected chi connectivity index (χ3v) is 4.94. The van der Waals surface area contributed by atoms with Crippen molar-refractivity contribution in [2.75, 3.05) is 14.2 Å². The fourth-order valence-corrected chi connectivity index (χ4v) is 3.61. The van der Waals surface area contributed by atoms with Crippen LogP contribution in [-0.4, -0.2) is 36.5 Å². The fraction of sp³-hybridized carbons (Fsp3) is 0.350. The van der Waals surface area contributed by atoms with Crippen molar-refractivity contribution in [1.29, 1.82) is 0 Å². The summed E-state index contributed by atoms with van der Waals surface area (Å²) in [5.74, 6) is 2.22. The summed E-state index contributed by atoms with van der Waals surface area (Å²) in [5.41, 5.74) is 3.70. The average Bonchev–Trinajstić information content (AvgIpc) is 3.08. The smallest absolute Gasteiger partial charge is 0.209 e. The summed E-state index contributed by atoms with van der Waals surface area (Å²) in [6, 6.07) is 11.4. The molecule has 1 aromatic heterocycles. The van der Waals surface area contributed by atoms with E-state index in [0.717, 1.165) is 33.7 Å². The molecule has 2 atom stereocenters. The van der Waals surface area contributed by atoms with Crippen molar-refractivity contribution >= 4 is 11.1 Å². The Hall–Kier alpha value is -2.57. The van der Waals surface area contributed by atoms with Crippen LogP contribution in [0.25, 0.3) is 11.1 Å². The van der Waals surface area contributed by atoms with E-state index in [1.54, 1.807) is 14.2 Å². The van der Waals surface area contributed by atoms with E-state index < -0.39 is 6.10 Å². The molecule has 0 unspecified atom stereocenters. The van der Waals surface area contributed by atoms with Gasteiger partial charge in [-0.25, -0.2) is 4.98 Å². The molecule has 0 fully saturated rings. The van der Waals surface area contributed by atoms with Gasteiger partial charge in [0.15, 0.2) is 5.58 Å². The molecule has 1 aliphatic rings. The number of nitrogens with one attached hydrogen (secondary N) is 1. The molecule has 0 radical (unpaired) electrons. The standard InChI is InChI=1S/C20H22N2O4/c1-24-17-7-8-18(25-2)13-10-16(23)15(9-12(13)17)21-11-20-22-14-5-3-4-6-19(14)26-20/h3-8,15-16,21,23H,9-11H2,1-2H3/t15-,16-/m1/s1. The summed E-state index contributed by atoms with van der Waals surface area (Å²) < 4.78 is 16.7. The van der Waals surface area contributed by atoms with Gasteiger partial charge < -0.3 is 24.3 Å². The lowest BCUT2D eigenvalue weighted by Crippen LogP contribution is -2.45. The number of hydrogen-bond donors (Lipinski definition) is 2. The van der Waals surface area contributed by atoms with Crippen LogP contribution in [0.1, 0.15) is 17.0 Å². The van der Waals surface area contributed by atoms with Gasteiger partial charge in [-0.1, -0.05) is 12.1 Å². The van der Waals surface area contributed by atoms with E-state index in [-0.39, 0.29) is 6.04 Å². The number of methoxy groups -OCH3 is 2. The summed E-state index contributed by atoms with van der Waals surface area (Å²) in [7, 11) is 3.31. The number of oxazole rings is 1. The zero-order chi connectivity index (χ0) is 18.1. The predicted molar refractivity (Wildman–Crippen MR) is 97.6 cm³/mol. The second-order valence-corrected chi connectivity index (χ2v) is 6.47. The SMILES string of the molecule is COc1ccc(OC)c2c1C[C@@H](O)[C@H](NCc1nc3ccccc3o1)C2. The normalized spacial score (nSPS) is 19.3. The number of fused-ring (bicyclic) bond motifs is 2. The molecular formula is C20H22N2O4. The van der Waals surface area contributed by atoms with Crippen LogP contribution in [0.3, 0.4) is 0 Å². The number of aromatic nitrogens is 1. The predicted octanol–water partition coefficient (Wildman–Crippen LogP) is 2.46. The topological polar surface area (TPSA) is 76.8 Å². The Balaban J connectivity index is 1.53. The van der Waals surface area contributed by atoms with E-state index in [4.69, 9.17) is 13.9 Å². The molecule has 6 heteroatoms. The highest BCUT2D eigenvalue weighted by molar-refractivity contribution is 5.72. The van der Waals surface area contributed by atoms with E-state index in [1.165, 1.54) is 0 Å². The first-order valence-electron chi connectivity index (χ1n) is 8.68. The molecule has 0 aliphatic heterocycles. The number of aliphatic hydroxyl groups excluding tert-OH is 1. The molecule has 1 aliphatic carbocycles. The van der Waals surface area contributed by atoms with E-state index in [2.05, 4.69) is 10.3 Å². The zero-order valence-corrected chi connectivity index (χ0v) is 14.9. The number of benzene rings is 2. The van der Waals surface area contributed by atoms with Gasteiger partial charge in [0.1, 0.15) is 17.0 Å². The Morgan fingerprint density at radius 1 is 1.08 bits per heavy atom. The first kappa shape index (κ1) is 16.9. The van der Waals surface area contributed by atoms with E-state index in [1.807, 2.05) is 36.4 Å². The third-order valence-electron chi connectivity index (χ3n) is 4.94. The lowest BCUT2D eigenvalue weighted by Gasteiger charge is -2.32. The number of ether oxygens (including phenoxy) is 2. The van der Waals surface area contributed by atoms with Crippen molar-refractivity contribution < 1.29 is 19.0 Å². The molecular weight excluding hydrogens is 332 g/mol. The Morgan fingerprint density at radius 2 is 1.77 bits per heavy atom. The fourth-order valence-electron chi connectivity index (χ4n) is 3.61. The Kier molecular flexibility index (Phi) is 4.53. The molecule has 2 N–H and O–H groups in total. The van der Waals surface area contributed by atoms with Gasteiger partial charge in [0, 0.05) is 23.6 Å². The molecule has 0 saturated carbocycles. The van der Waals surface area contributed by atoms with E-state index in [9.17, 15) is 5.11 Å². The van der Waals surface area contributed by atoms with Crippen molar-refractivity contribution in [3.63, 3.8) is 0 Å². The summed E-state index contributed by atoms with van der Waals surface area (Å²) in [4.78, 5) is 4.47. The van der Waals surface area contributed by atoms with Gasteiger partial charge in [-0.15, -0.1) is 0 Å². The van der Waals surface area contributed by atoms with Crippen molar-refractivity contribution in [2.24, 2.45) is 0 Å². The highest BCUT2D eigenvalue weighted by Gasteiger charge is 2.31. The molecule has 1 heterocycles. The number of hydrogen-bond acceptors (Lipinski definition) is 6. The molecule has 4 rings (SSSR count). The van der Waals surface area contributed by atoms with Crippen LogP contribution < -0.4 is 14.8 Å². The van der Waals surface area contributed by atoms with Gasteiger partial charge in [0.05, 0.1) is 26.9 Å². The quantitative estimate of drug-likeness (QED) is 0.733. The third kappa shape index (κ3) is 3.02. The number of para-hydroxylation sites is 2. The molecule has 0 bridgehead atoms. The number of rotatable bonds is 5. The maximum atomic E-state index is 10.6. The molecule has 0 amide bonds. The van der Waals surface area contributed by atoms with Crippen molar-refractivity contribution in [3.8, 4) is 11.5 Å². The van der Waals surface area contributed by atoms with Crippen molar-refractivity contribution in [2.45, 2.75) is 31.5 Å². The molecule has 0 saturated heterocycles. The largest absolute Gasteiger partial charge is 0.496 e. The summed E-state index contributed by atoms with van der Waals surface area (Å²) in [6.07, 6.45) is 0.644. The van der Waals surface area contributed by atoms with Gasteiger partial charge in [-0.05, 0) is 30.7 Å². The van der Waals surface area contributed by atoms with Gasteiger partial charge in [-0.2, -0.15) is 0 Å². The van der Waals surface area contributed by atoms with Crippen LogP contribution in [0.2, 0.25) is 0 Å². The van der Waals surface area contributed by atoms with Gasteiger partial charge in [0.2, 0.25) is 5.89 Å². The Labute approximate surface area is 151 Å². The van der Waals surface area contributed by atoms with Crippen molar-refractivity contribution in [1.82, 2.24) is 10.3 Å². The monoisotopic (exact) mass is 354 g/mol. The highest BCUT2D eigenvalue weighted by atomic mass is 16.5. The molecule has 3 aromatic rings. The first-order valence-corrected chi connectivity index (χ1v) is 8.68. The van der Waals surface area contributed by atoms with Gasteiger partial charge in [0.25, 0.3) is 0 Å². The van der Waals surface area contributed by atoms with Crippen molar-refractivity contribution in [3.05, 3.63) is 53.4 Å². The second-order valence-electron chi connectivity index (χ2n) is 6.47. The number of aliphatic hydroxyl groups is 1. The minimum absolute atomic E-state index is 0.112. The van der Waals surface area contributed by atoms with E-state index in [0.29, 0.717) is 25.3 Å². The van der Waals surface area contributed by atoms with Gasteiger partial charge >= 0.3 is 0 Å². The molecule has 0 spiro atoms. The summed E-state index contributed by atoms with van der Waals surface area (Å²) in [6.45, 7) is 0.456. The maximum absolute atomic E-state index is 10.6. The zero-order valence-electron chi connectivity index (χ0n) is 14.9. The minimum Gasteiger partial charge on any atom is -0.496 e. The summed E-state index contributed by atoms with van der Waals surface area (Å²) >= 11 is 0. The molecule has 2 aromatic carbocycles. The molecule has 26 heavy (non-hydrogen) atoms. The lowest BCUT2D eigenvalue weighted by atomic mass is 9.85. The first-order chi connectivity index (χ1) is 12.7.